The second-order valence-corrected chi connectivity index (χ2v) is 11.8. The van der Waals surface area contributed by atoms with E-state index in [1.54, 1.807) is 23.1 Å². The molecular weight excluding hydrogens is 626 g/mol. The molecule has 0 radical (unpaired) electrons. The topological polar surface area (TPSA) is 99.1 Å². The molecule has 2 aliphatic carbocycles. The molecule has 216 valence electrons. The van der Waals surface area contributed by atoms with Crippen LogP contribution in [0.1, 0.15) is 50.5 Å². The summed E-state index contributed by atoms with van der Waals surface area (Å²) >= 11 is 2.15. The Morgan fingerprint density at radius 2 is 1.90 bits per heavy atom. The molecule has 4 rings (SSSR count). The molecule has 9 heteroatoms. The predicted molar refractivity (Wildman–Crippen MR) is 159 cm³/mol. The number of carbonyl (C=O) groups is 2. The van der Waals surface area contributed by atoms with Crippen LogP contribution in [0.2, 0.25) is 0 Å². The molecule has 40 heavy (non-hydrogen) atoms. The first kappa shape index (κ1) is 30.5. The second-order valence-electron chi connectivity index (χ2n) is 10.6. The Morgan fingerprint density at radius 3 is 2.62 bits per heavy atom. The first-order valence-corrected chi connectivity index (χ1v) is 15.2. The van der Waals surface area contributed by atoms with E-state index in [2.05, 4.69) is 27.9 Å². The van der Waals surface area contributed by atoms with Gasteiger partial charge >= 0.3 is 0 Å². The van der Waals surface area contributed by atoms with Crippen LogP contribution in [0.3, 0.4) is 0 Å². The molecule has 2 aromatic carbocycles. The minimum absolute atomic E-state index is 0.0857. The first-order chi connectivity index (χ1) is 19.4. The number of para-hydroxylation sites is 1. The fourth-order valence-corrected chi connectivity index (χ4v) is 6.17. The lowest BCUT2D eigenvalue weighted by Crippen LogP contribution is -2.55. The zero-order valence-corrected chi connectivity index (χ0v) is 24.8. The van der Waals surface area contributed by atoms with Crippen molar-refractivity contribution >= 4 is 34.4 Å². The number of hydrogen-bond acceptors (Lipinski definition) is 5. The number of halogens is 2. The van der Waals surface area contributed by atoms with Gasteiger partial charge in [-0.25, -0.2) is 4.39 Å². The van der Waals surface area contributed by atoms with Crippen LogP contribution >= 0.6 is 22.6 Å². The number of hydrogen-bond donors (Lipinski definition) is 3. The zero-order valence-electron chi connectivity index (χ0n) is 22.6. The molecule has 2 aromatic rings. The van der Waals surface area contributed by atoms with Crippen molar-refractivity contribution in [3.8, 4) is 5.75 Å². The van der Waals surface area contributed by atoms with Crippen LogP contribution in [-0.2, 0) is 16.0 Å². The second kappa shape index (κ2) is 14.9. The quantitative estimate of drug-likeness (QED) is 0.293. The third-order valence-corrected chi connectivity index (χ3v) is 8.70. The van der Waals surface area contributed by atoms with Gasteiger partial charge in [0.15, 0.2) is 0 Å². The summed E-state index contributed by atoms with van der Waals surface area (Å²) < 4.78 is 20.9. The molecule has 0 aliphatic heterocycles. The number of carbonyl (C=O) groups excluding carboxylic acids is 2. The number of rotatable bonds is 12. The lowest BCUT2D eigenvalue weighted by atomic mass is 9.87. The van der Waals surface area contributed by atoms with Crippen LogP contribution in [0.25, 0.3) is 0 Å². The molecule has 0 aromatic heterocycles. The summed E-state index contributed by atoms with van der Waals surface area (Å²) in [5, 5.41) is 23.5. The lowest BCUT2D eigenvalue weighted by molar-refractivity contribution is -0.138. The summed E-state index contributed by atoms with van der Waals surface area (Å²) in [4.78, 5) is 28.4. The third-order valence-electron chi connectivity index (χ3n) is 7.81. The van der Waals surface area contributed by atoms with Gasteiger partial charge in [0, 0.05) is 31.5 Å². The highest BCUT2D eigenvalue weighted by atomic mass is 127. The summed E-state index contributed by atoms with van der Waals surface area (Å²) in [6.45, 7) is 0.164. The van der Waals surface area contributed by atoms with E-state index in [1.807, 2.05) is 24.3 Å². The van der Waals surface area contributed by atoms with Crippen molar-refractivity contribution < 1.29 is 28.9 Å². The lowest BCUT2D eigenvalue weighted by Gasteiger charge is -2.41. The molecule has 1 fully saturated rings. The highest BCUT2D eigenvalue weighted by Crippen LogP contribution is 2.32. The third kappa shape index (κ3) is 8.27. The van der Waals surface area contributed by atoms with Gasteiger partial charge in [0.05, 0.1) is 16.2 Å². The van der Waals surface area contributed by atoms with E-state index in [-0.39, 0.29) is 43.7 Å². The van der Waals surface area contributed by atoms with E-state index in [1.165, 1.54) is 25.0 Å². The fourth-order valence-electron chi connectivity index (χ4n) is 5.65. The number of benzene rings is 2. The molecular formula is C31H38FIN2O5. The zero-order chi connectivity index (χ0) is 28.5. The minimum Gasteiger partial charge on any atom is -0.482 e. The maximum atomic E-state index is 13.9. The van der Waals surface area contributed by atoms with Gasteiger partial charge in [-0.3, -0.25) is 9.59 Å². The molecule has 2 amide bonds. The monoisotopic (exact) mass is 664 g/mol. The van der Waals surface area contributed by atoms with E-state index < -0.39 is 18.2 Å². The van der Waals surface area contributed by atoms with E-state index in [0.29, 0.717) is 30.1 Å². The number of amides is 2. The summed E-state index contributed by atoms with van der Waals surface area (Å²) in [7, 11) is 0. The highest BCUT2D eigenvalue weighted by Gasteiger charge is 2.40. The number of aliphatic hydroxyl groups is 2. The van der Waals surface area contributed by atoms with Gasteiger partial charge in [0.25, 0.3) is 0 Å². The number of ether oxygens (including phenoxy) is 1. The van der Waals surface area contributed by atoms with Gasteiger partial charge in [-0.1, -0.05) is 49.9 Å². The molecule has 0 saturated heterocycles. The summed E-state index contributed by atoms with van der Waals surface area (Å²) in [5.74, 6) is 0.300. The van der Waals surface area contributed by atoms with Crippen LogP contribution < -0.4 is 10.1 Å². The molecule has 3 N–H and O–H groups in total. The Hall–Kier alpha value is -2.50. The van der Waals surface area contributed by atoms with Crippen molar-refractivity contribution in [2.75, 3.05) is 19.7 Å². The van der Waals surface area contributed by atoms with Crippen LogP contribution in [0.15, 0.2) is 60.2 Å². The van der Waals surface area contributed by atoms with E-state index in [0.717, 1.165) is 28.4 Å². The van der Waals surface area contributed by atoms with Crippen LogP contribution in [0.5, 0.6) is 5.75 Å². The Balaban J connectivity index is 1.60. The van der Waals surface area contributed by atoms with E-state index in [4.69, 9.17) is 4.74 Å². The van der Waals surface area contributed by atoms with Crippen LogP contribution in [-0.4, -0.2) is 64.9 Å². The van der Waals surface area contributed by atoms with Crippen molar-refractivity contribution in [1.29, 1.82) is 0 Å². The molecule has 0 spiro atoms. The van der Waals surface area contributed by atoms with Crippen molar-refractivity contribution in [2.45, 2.75) is 69.6 Å². The van der Waals surface area contributed by atoms with Gasteiger partial charge in [0.2, 0.25) is 11.8 Å². The standard InChI is InChI=1S/C31H38FIN2O5/c32-24-9-5-8-22(18-24)14-16-35(29(37)13-12-21-6-1-2-7-21)26-19-23(31(39)34-15-17-36)20-28(30(26)38)40-27-11-4-3-10-25(27)33/h3-5,8-11,18,20-21,26,28,30,36,38H,1-2,6-7,12-17,19H2,(H,34,39). The van der Waals surface area contributed by atoms with Crippen molar-refractivity contribution in [1.82, 2.24) is 10.2 Å². The normalized spacial score (nSPS) is 21.1. The molecule has 0 bridgehead atoms. The predicted octanol–water partition coefficient (Wildman–Crippen LogP) is 4.39. The van der Waals surface area contributed by atoms with Crippen molar-refractivity contribution in [2.24, 2.45) is 5.92 Å². The SMILES string of the molecule is O=C(NCCO)C1=CC(Oc2ccccc2I)C(O)C(N(CCc2cccc(F)c2)C(=O)CCC2CCCC2)C1. The average molecular weight is 665 g/mol. The van der Waals surface area contributed by atoms with Crippen LogP contribution in [0.4, 0.5) is 4.39 Å². The molecule has 7 nitrogen and oxygen atoms in total. The number of nitrogens with one attached hydrogen (secondary N) is 1. The Morgan fingerprint density at radius 1 is 1.12 bits per heavy atom. The first-order valence-electron chi connectivity index (χ1n) is 14.1. The summed E-state index contributed by atoms with van der Waals surface area (Å²) in [6.07, 6.45) is 6.00. The number of aliphatic hydroxyl groups excluding tert-OH is 2. The maximum absolute atomic E-state index is 13.9. The Kier molecular flexibility index (Phi) is 11.4. The van der Waals surface area contributed by atoms with Gasteiger partial charge < -0.3 is 25.2 Å². The smallest absolute Gasteiger partial charge is 0.247 e. The summed E-state index contributed by atoms with van der Waals surface area (Å²) in [5.41, 5.74) is 1.14. The minimum atomic E-state index is -1.09. The van der Waals surface area contributed by atoms with Gasteiger partial charge in [-0.15, -0.1) is 0 Å². The van der Waals surface area contributed by atoms with E-state index in [9.17, 15) is 24.2 Å². The van der Waals surface area contributed by atoms with Crippen molar-refractivity contribution in [3.63, 3.8) is 0 Å². The van der Waals surface area contributed by atoms with Gasteiger partial charge in [-0.05, 0) is 77.3 Å². The molecule has 0 heterocycles. The Bertz CT molecular complexity index is 1190. The average Bonchev–Trinajstić information content (AvgIpc) is 3.47. The fraction of sp³-hybridized carbons (Fsp3) is 0.484. The van der Waals surface area contributed by atoms with Crippen LogP contribution in [0, 0.1) is 15.3 Å². The van der Waals surface area contributed by atoms with Crippen molar-refractivity contribution in [3.05, 3.63) is 75.1 Å². The summed E-state index contributed by atoms with van der Waals surface area (Å²) in [6, 6.07) is 13.0. The molecule has 3 unspecified atom stereocenters. The molecule has 3 atom stereocenters. The molecule has 1 saturated carbocycles. The van der Waals surface area contributed by atoms with Gasteiger partial charge in [-0.2, -0.15) is 0 Å². The largest absolute Gasteiger partial charge is 0.482 e. The Labute approximate surface area is 248 Å². The van der Waals surface area contributed by atoms with Gasteiger partial charge in [0.1, 0.15) is 23.8 Å². The molecule has 2 aliphatic rings. The number of nitrogens with zero attached hydrogens (tertiary/aromatic N) is 1. The highest BCUT2D eigenvalue weighted by molar-refractivity contribution is 14.1. The maximum Gasteiger partial charge on any atom is 0.247 e. The van der Waals surface area contributed by atoms with E-state index >= 15 is 0 Å².